The molecule has 0 spiro atoms. The summed E-state index contributed by atoms with van der Waals surface area (Å²) in [5.74, 6) is 2.59. The number of hydrogen-bond donors (Lipinski definition) is 0. The lowest BCUT2D eigenvalue weighted by atomic mass is 9.68. The standard InChI is InChI=1S/C17H22BrN3/c1-17(2)11-7-6-10-14(17)16-20-19-15(12-18)21(16)13-8-4-3-5-9-13/h3-5,8-9,14H,6-7,10-12H2,1-2H3. The van der Waals surface area contributed by atoms with E-state index in [-0.39, 0.29) is 0 Å². The van der Waals surface area contributed by atoms with E-state index in [1.165, 1.54) is 25.7 Å². The zero-order valence-corrected chi connectivity index (χ0v) is 14.3. The number of rotatable bonds is 3. The van der Waals surface area contributed by atoms with E-state index in [1.54, 1.807) is 0 Å². The van der Waals surface area contributed by atoms with Crippen molar-refractivity contribution in [3.8, 4) is 5.69 Å². The van der Waals surface area contributed by atoms with Crippen molar-refractivity contribution >= 4 is 15.9 Å². The number of hydrogen-bond acceptors (Lipinski definition) is 2. The molecular weight excluding hydrogens is 326 g/mol. The fourth-order valence-corrected chi connectivity index (χ4v) is 3.84. The van der Waals surface area contributed by atoms with Crippen molar-refractivity contribution in [1.82, 2.24) is 14.8 Å². The molecule has 21 heavy (non-hydrogen) atoms. The van der Waals surface area contributed by atoms with E-state index in [1.807, 2.05) is 6.07 Å². The third-order valence-corrected chi connectivity index (χ3v) is 5.21. The Hall–Kier alpha value is -1.16. The first-order valence-electron chi connectivity index (χ1n) is 7.69. The first-order valence-corrected chi connectivity index (χ1v) is 8.81. The molecule has 1 aromatic heterocycles. The fraction of sp³-hybridized carbons (Fsp3) is 0.529. The summed E-state index contributed by atoms with van der Waals surface area (Å²) in [4.78, 5) is 0. The van der Waals surface area contributed by atoms with Crippen molar-refractivity contribution in [2.45, 2.75) is 50.8 Å². The van der Waals surface area contributed by atoms with Crippen LogP contribution in [0.25, 0.3) is 5.69 Å². The number of halogens is 1. The molecule has 0 bridgehead atoms. The lowest BCUT2D eigenvalue weighted by molar-refractivity contribution is 0.190. The second-order valence-corrected chi connectivity index (χ2v) is 7.13. The maximum atomic E-state index is 4.57. The van der Waals surface area contributed by atoms with E-state index in [4.69, 9.17) is 0 Å². The zero-order chi connectivity index (χ0) is 14.9. The quantitative estimate of drug-likeness (QED) is 0.743. The van der Waals surface area contributed by atoms with Crippen LogP contribution in [0.5, 0.6) is 0 Å². The van der Waals surface area contributed by atoms with Gasteiger partial charge >= 0.3 is 0 Å². The van der Waals surface area contributed by atoms with Gasteiger partial charge in [0.1, 0.15) is 11.6 Å². The molecule has 0 amide bonds. The van der Waals surface area contributed by atoms with Crippen LogP contribution in [0, 0.1) is 5.41 Å². The number of aromatic nitrogens is 3. The Morgan fingerprint density at radius 1 is 1.19 bits per heavy atom. The lowest BCUT2D eigenvalue weighted by Gasteiger charge is -2.38. The first kappa shape index (κ1) is 14.8. The third kappa shape index (κ3) is 2.78. The average molecular weight is 348 g/mol. The molecule has 1 aromatic carbocycles. The van der Waals surface area contributed by atoms with Gasteiger partial charge < -0.3 is 0 Å². The predicted octanol–water partition coefficient (Wildman–Crippen LogP) is 4.85. The summed E-state index contributed by atoms with van der Waals surface area (Å²) in [7, 11) is 0. The third-order valence-electron chi connectivity index (χ3n) is 4.71. The smallest absolute Gasteiger partial charge is 0.148 e. The maximum absolute atomic E-state index is 4.57. The Kier molecular flexibility index (Phi) is 4.16. The van der Waals surface area contributed by atoms with E-state index >= 15 is 0 Å². The van der Waals surface area contributed by atoms with Gasteiger partial charge in [0.2, 0.25) is 0 Å². The fourth-order valence-electron chi connectivity index (χ4n) is 3.47. The molecular formula is C17H22BrN3. The van der Waals surface area contributed by atoms with Crippen LogP contribution in [0.2, 0.25) is 0 Å². The van der Waals surface area contributed by atoms with E-state index in [2.05, 4.69) is 68.8 Å². The van der Waals surface area contributed by atoms with Crippen LogP contribution in [-0.4, -0.2) is 14.8 Å². The Bertz CT molecular complexity index is 604. The highest BCUT2D eigenvalue weighted by Crippen LogP contribution is 2.46. The van der Waals surface area contributed by atoms with Crippen molar-refractivity contribution in [3.05, 3.63) is 42.0 Å². The topological polar surface area (TPSA) is 30.7 Å². The molecule has 0 N–H and O–H groups in total. The molecule has 1 atom stereocenters. The van der Waals surface area contributed by atoms with Crippen LogP contribution in [0.4, 0.5) is 0 Å². The van der Waals surface area contributed by atoms with Crippen LogP contribution in [0.1, 0.15) is 57.1 Å². The summed E-state index contributed by atoms with van der Waals surface area (Å²) < 4.78 is 2.24. The second kappa shape index (κ2) is 5.91. The van der Waals surface area contributed by atoms with E-state index < -0.39 is 0 Å². The summed E-state index contributed by atoms with van der Waals surface area (Å²) in [5, 5.41) is 9.71. The monoisotopic (exact) mass is 347 g/mol. The number of benzene rings is 1. The van der Waals surface area contributed by atoms with Crippen LogP contribution in [-0.2, 0) is 5.33 Å². The van der Waals surface area contributed by atoms with Crippen LogP contribution in [0.15, 0.2) is 30.3 Å². The van der Waals surface area contributed by atoms with Crippen molar-refractivity contribution in [1.29, 1.82) is 0 Å². The van der Waals surface area contributed by atoms with Crippen molar-refractivity contribution in [2.24, 2.45) is 5.41 Å². The highest BCUT2D eigenvalue weighted by Gasteiger charge is 2.37. The Morgan fingerprint density at radius 3 is 2.62 bits per heavy atom. The van der Waals surface area contributed by atoms with Crippen LogP contribution < -0.4 is 0 Å². The average Bonchev–Trinajstić information content (AvgIpc) is 2.91. The highest BCUT2D eigenvalue weighted by molar-refractivity contribution is 9.08. The molecule has 1 unspecified atom stereocenters. The second-order valence-electron chi connectivity index (χ2n) is 6.57. The molecule has 1 heterocycles. The molecule has 0 aliphatic heterocycles. The summed E-state index contributed by atoms with van der Waals surface area (Å²) >= 11 is 3.55. The van der Waals surface area contributed by atoms with Gasteiger partial charge in [-0.15, -0.1) is 10.2 Å². The van der Waals surface area contributed by atoms with Gasteiger partial charge in [0.15, 0.2) is 0 Å². The molecule has 3 rings (SSSR count). The maximum Gasteiger partial charge on any atom is 0.148 e. The largest absolute Gasteiger partial charge is 0.282 e. The van der Waals surface area contributed by atoms with Gasteiger partial charge in [-0.05, 0) is 30.4 Å². The first-order chi connectivity index (χ1) is 10.1. The highest BCUT2D eigenvalue weighted by atomic mass is 79.9. The van der Waals surface area contributed by atoms with Crippen molar-refractivity contribution in [3.63, 3.8) is 0 Å². The summed E-state index contributed by atoms with van der Waals surface area (Å²) in [5.41, 5.74) is 1.45. The number of alkyl halides is 1. The van der Waals surface area contributed by atoms with Crippen molar-refractivity contribution < 1.29 is 0 Å². The summed E-state index contributed by atoms with van der Waals surface area (Å²) in [6, 6.07) is 10.5. The molecule has 0 radical (unpaired) electrons. The normalized spacial score (nSPS) is 21.4. The zero-order valence-electron chi connectivity index (χ0n) is 12.7. The minimum absolute atomic E-state index is 0.293. The molecule has 1 aliphatic rings. The van der Waals surface area contributed by atoms with Crippen LogP contribution in [0.3, 0.4) is 0 Å². The molecule has 112 valence electrons. The minimum atomic E-state index is 0.293. The van der Waals surface area contributed by atoms with Gasteiger partial charge in [0.05, 0.1) is 5.33 Å². The van der Waals surface area contributed by atoms with Gasteiger partial charge in [-0.1, -0.05) is 60.8 Å². The van der Waals surface area contributed by atoms with E-state index in [0.29, 0.717) is 11.3 Å². The predicted molar refractivity (Wildman–Crippen MR) is 89.0 cm³/mol. The molecule has 1 saturated carbocycles. The lowest BCUT2D eigenvalue weighted by Crippen LogP contribution is -2.28. The van der Waals surface area contributed by atoms with Crippen LogP contribution >= 0.6 is 15.9 Å². The molecule has 3 nitrogen and oxygen atoms in total. The molecule has 1 fully saturated rings. The summed E-state index contributed by atoms with van der Waals surface area (Å²) in [6.07, 6.45) is 5.09. The van der Waals surface area contributed by atoms with E-state index in [0.717, 1.165) is 22.7 Å². The minimum Gasteiger partial charge on any atom is -0.282 e. The summed E-state index contributed by atoms with van der Waals surface area (Å²) in [6.45, 7) is 4.74. The molecule has 4 heteroatoms. The van der Waals surface area contributed by atoms with Gasteiger partial charge in [-0.3, -0.25) is 4.57 Å². The Morgan fingerprint density at radius 2 is 1.95 bits per heavy atom. The SMILES string of the molecule is CC1(C)CCCCC1c1nnc(CBr)n1-c1ccccc1. The number of para-hydroxylation sites is 1. The number of nitrogens with zero attached hydrogens (tertiary/aromatic N) is 3. The van der Waals surface area contributed by atoms with Gasteiger partial charge in [0, 0.05) is 11.6 Å². The van der Waals surface area contributed by atoms with Crippen molar-refractivity contribution in [2.75, 3.05) is 0 Å². The molecule has 1 aliphatic carbocycles. The molecule has 2 aromatic rings. The van der Waals surface area contributed by atoms with E-state index in [9.17, 15) is 0 Å². The van der Waals surface area contributed by atoms with Gasteiger partial charge in [-0.2, -0.15) is 0 Å². The van der Waals surface area contributed by atoms with Gasteiger partial charge in [-0.25, -0.2) is 0 Å². The Labute approximate surface area is 134 Å². The van der Waals surface area contributed by atoms with Gasteiger partial charge in [0.25, 0.3) is 0 Å². The molecule has 0 saturated heterocycles. The Balaban J connectivity index is 2.09.